The lowest BCUT2D eigenvalue weighted by Gasteiger charge is -2.39. The van der Waals surface area contributed by atoms with Gasteiger partial charge in [0.1, 0.15) is 0 Å². The van der Waals surface area contributed by atoms with E-state index in [1.165, 1.54) is 19.3 Å². The molecule has 2 rings (SSSR count). The average Bonchev–Trinajstić information content (AvgIpc) is 2.38. The van der Waals surface area contributed by atoms with Gasteiger partial charge in [0.2, 0.25) is 5.91 Å². The van der Waals surface area contributed by atoms with E-state index in [2.05, 4.69) is 11.8 Å². The minimum atomic E-state index is 0.163. The summed E-state index contributed by atoms with van der Waals surface area (Å²) in [4.78, 5) is 16.8. The largest absolute Gasteiger partial charge is 0.372 e. The first-order valence-corrected chi connectivity index (χ1v) is 7.77. The molecule has 0 aromatic carbocycles. The van der Waals surface area contributed by atoms with Crippen molar-refractivity contribution < 1.29 is 9.53 Å². The summed E-state index contributed by atoms with van der Waals surface area (Å²) in [6, 6.07) is 0.605. The molecule has 19 heavy (non-hydrogen) atoms. The first-order chi connectivity index (χ1) is 9.10. The first kappa shape index (κ1) is 14.8. The minimum Gasteiger partial charge on any atom is -0.372 e. The van der Waals surface area contributed by atoms with E-state index < -0.39 is 0 Å². The third-order valence-electron chi connectivity index (χ3n) is 4.33. The molecule has 0 spiro atoms. The van der Waals surface area contributed by atoms with Crippen molar-refractivity contribution >= 4 is 5.91 Å². The Kier molecular flexibility index (Phi) is 5.22. The number of carbonyl (C=O) groups is 1. The fourth-order valence-electron chi connectivity index (χ4n) is 3.39. The summed E-state index contributed by atoms with van der Waals surface area (Å²) in [5.74, 6) is 0.280. The Labute approximate surface area is 117 Å². The summed E-state index contributed by atoms with van der Waals surface area (Å²) in [5, 5.41) is 0. The summed E-state index contributed by atoms with van der Waals surface area (Å²) in [7, 11) is 0. The molecule has 0 N–H and O–H groups in total. The van der Waals surface area contributed by atoms with E-state index in [0.717, 1.165) is 26.1 Å². The highest BCUT2D eigenvalue weighted by atomic mass is 16.5. The summed E-state index contributed by atoms with van der Waals surface area (Å²) in [6.45, 7) is 9.49. The van der Waals surface area contributed by atoms with Crippen LogP contribution in [0.4, 0.5) is 0 Å². The van der Waals surface area contributed by atoms with Crippen molar-refractivity contribution in [3.8, 4) is 0 Å². The number of hydrogen-bond acceptors (Lipinski definition) is 3. The zero-order valence-electron chi connectivity index (χ0n) is 12.6. The van der Waals surface area contributed by atoms with Crippen molar-refractivity contribution in [3.05, 3.63) is 0 Å². The van der Waals surface area contributed by atoms with Gasteiger partial charge in [-0.2, -0.15) is 0 Å². The molecule has 1 amide bonds. The van der Waals surface area contributed by atoms with Gasteiger partial charge in [-0.3, -0.25) is 9.69 Å². The average molecular weight is 268 g/mol. The van der Waals surface area contributed by atoms with Gasteiger partial charge in [-0.1, -0.05) is 13.3 Å². The predicted octanol–water partition coefficient (Wildman–Crippen LogP) is 1.89. The highest BCUT2D eigenvalue weighted by molar-refractivity contribution is 5.78. The maximum Gasteiger partial charge on any atom is 0.236 e. The summed E-state index contributed by atoms with van der Waals surface area (Å²) in [5.41, 5.74) is 0. The molecule has 2 fully saturated rings. The molecule has 2 aliphatic heterocycles. The van der Waals surface area contributed by atoms with E-state index in [9.17, 15) is 4.79 Å². The van der Waals surface area contributed by atoms with Gasteiger partial charge in [-0.15, -0.1) is 0 Å². The molecular formula is C15H28N2O2. The van der Waals surface area contributed by atoms with E-state index in [1.54, 1.807) is 0 Å². The molecule has 0 aromatic heterocycles. The van der Waals surface area contributed by atoms with Crippen LogP contribution < -0.4 is 0 Å². The second-order valence-electron chi connectivity index (χ2n) is 6.08. The maximum absolute atomic E-state index is 12.4. The van der Waals surface area contributed by atoms with E-state index in [0.29, 0.717) is 12.6 Å². The Balaban J connectivity index is 1.88. The molecular weight excluding hydrogens is 240 g/mol. The van der Waals surface area contributed by atoms with Crippen LogP contribution in [0.1, 0.15) is 46.5 Å². The van der Waals surface area contributed by atoms with Crippen LogP contribution in [0.3, 0.4) is 0 Å². The highest BCUT2D eigenvalue weighted by Crippen LogP contribution is 2.20. The summed E-state index contributed by atoms with van der Waals surface area (Å²) < 4.78 is 5.69. The fourth-order valence-corrected chi connectivity index (χ4v) is 3.39. The SMILES string of the molecule is CCC1CCCCN1CC(=O)N1CC(C)OC(C)C1. The molecule has 0 bridgehead atoms. The molecule has 110 valence electrons. The zero-order valence-corrected chi connectivity index (χ0v) is 12.6. The second kappa shape index (κ2) is 6.71. The van der Waals surface area contributed by atoms with E-state index in [4.69, 9.17) is 4.74 Å². The molecule has 4 nitrogen and oxygen atoms in total. The van der Waals surface area contributed by atoms with Crippen molar-refractivity contribution in [2.75, 3.05) is 26.2 Å². The smallest absolute Gasteiger partial charge is 0.236 e. The Morgan fingerprint density at radius 2 is 1.89 bits per heavy atom. The molecule has 0 radical (unpaired) electrons. The number of piperidine rings is 1. The standard InChI is InChI=1S/C15H28N2O2/c1-4-14-7-5-6-8-16(14)11-15(18)17-9-12(2)19-13(3)10-17/h12-14H,4-11H2,1-3H3. The number of morpholine rings is 1. The lowest BCUT2D eigenvalue weighted by molar-refractivity contribution is -0.145. The number of hydrogen-bond donors (Lipinski definition) is 0. The van der Waals surface area contributed by atoms with Gasteiger partial charge >= 0.3 is 0 Å². The van der Waals surface area contributed by atoms with Gasteiger partial charge in [0.05, 0.1) is 18.8 Å². The van der Waals surface area contributed by atoms with Crippen molar-refractivity contribution in [2.24, 2.45) is 0 Å². The lowest BCUT2D eigenvalue weighted by atomic mass is 10.00. The van der Waals surface area contributed by atoms with Gasteiger partial charge in [-0.05, 0) is 39.7 Å². The van der Waals surface area contributed by atoms with Gasteiger partial charge in [-0.25, -0.2) is 0 Å². The van der Waals surface area contributed by atoms with E-state index in [1.807, 2.05) is 18.7 Å². The Morgan fingerprint density at radius 3 is 2.53 bits per heavy atom. The summed E-state index contributed by atoms with van der Waals surface area (Å²) in [6.07, 6.45) is 5.28. The molecule has 2 heterocycles. The van der Waals surface area contributed by atoms with Crippen LogP contribution >= 0.6 is 0 Å². The Hall–Kier alpha value is -0.610. The molecule has 2 saturated heterocycles. The third kappa shape index (κ3) is 3.93. The van der Waals surface area contributed by atoms with E-state index >= 15 is 0 Å². The molecule has 4 heteroatoms. The number of ether oxygens (including phenoxy) is 1. The Morgan fingerprint density at radius 1 is 1.21 bits per heavy atom. The third-order valence-corrected chi connectivity index (χ3v) is 4.33. The van der Waals surface area contributed by atoms with Crippen molar-refractivity contribution in [1.82, 2.24) is 9.80 Å². The first-order valence-electron chi connectivity index (χ1n) is 7.77. The quantitative estimate of drug-likeness (QED) is 0.783. The fraction of sp³-hybridized carbons (Fsp3) is 0.933. The monoisotopic (exact) mass is 268 g/mol. The molecule has 0 saturated carbocycles. The van der Waals surface area contributed by atoms with Gasteiger partial charge < -0.3 is 9.64 Å². The van der Waals surface area contributed by atoms with Crippen LogP contribution in [-0.4, -0.2) is 60.1 Å². The maximum atomic E-state index is 12.4. The lowest BCUT2D eigenvalue weighted by Crippen LogP contribution is -2.52. The number of amides is 1. The predicted molar refractivity (Wildman–Crippen MR) is 76.1 cm³/mol. The van der Waals surface area contributed by atoms with Gasteiger partial charge in [0.15, 0.2) is 0 Å². The van der Waals surface area contributed by atoms with Crippen LogP contribution in [0.5, 0.6) is 0 Å². The van der Waals surface area contributed by atoms with Crippen LogP contribution in [0, 0.1) is 0 Å². The van der Waals surface area contributed by atoms with Crippen molar-refractivity contribution in [2.45, 2.75) is 64.7 Å². The van der Waals surface area contributed by atoms with E-state index in [-0.39, 0.29) is 18.1 Å². The van der Waals surface area contributed by atoms with Crippen LogP contribution in [0.25, 0.3) is 0 Å². The molecule has 3 unspecified atom stereocenters. The highest BCUT2D eigenvalue weighted by Gasteiger charge is 2.29. The summed E-state index contributed by atoms with van der Waals surface area (Å²) >= 11 is 0. The van der Waals surface area contributed by atoms with Crippen molar-refractivity contribution in [3.63, 3.8) is 0 Å². The normalized spacial score (nSPS) is 33.4. The topological polar surface area (TPSA) is 32.8 Å². The van der Waals surface area contributed by atoms with Crippen molar-refractivity contribution in [1.29, 1.82) is 0 Å². The van der Waals surface area contributed by atoms with Crippen LogP contribution in [0.2, 0.25) is 0 Å². The number of nitrogens with zero attached hydrogens (tertiary/aromatic N) is 2. The molecule has 0 aromatic rings. The molecule has 3 atom stereocenters. The number of rotatable bonds is 3. The number of likely N-dealkylation sites (tertiary alicyclic amines) is 1. The molecule has 2 aliphatic rings. The van der Waals surface area contributed by atoms with Gasteiger partial charge in [0.25, 0.3) is 0 Å². The minimum absolute atomic E-state index is 0.163. The number of carbonyl (C=O) groups excluding carboxylic acids is 1. The molecule has 0 aliphatic carbocycles. The van der Waals surface area contributed by atoms with Gasteiger partial charge in [0, 0.05) is 19.1 Å². The zero-order chi connectivity index (χ0) is 13.8. The Bertz CT molecular complexity index is 299. The second-order valence-corrected chi connectivity index (χ2v) is 6.08. The van der Waals surface area contributed by atoms with Crippen LogP contribution in [0.15, 0.2) is 0 Å². The van der Waals surface area contributed by atoms with Crippen LogP contribution in [-0.2, 0) is 9.53 Å².